The van der Waals surface area contributed by atoms with Gasteiger partial charge in [-0.1, -0.05) is 28.9 Å². The van der Waals surface area contributed by atoms with E-state index in [2.05, 4.69) is 14.9 Å². The minimum Gasteiger partial charge on any atom is -0.343 e. The van der Waals surface area contributed by atoms with E-state index >= 15 is 0 Å². The molecule has 1 saturated carbocycles. The molecule has 116 valence electrons. The normalized spacial score (nSPS) is 17.5. The summed E-state index contributed by atoms with van der Waals surface area (Å²) in [7, 11) is -3.62. The van der Waals surface area contributed by atoms with Gasteiger partial charge in [0.05, 0.1) is 5.54 Å². The van der Waals surface area contributed by atoms with Gasteiger partial charge in [-0.25, -0.2) is 8.42 Å². The van der Waals surface area contributed by atoms with E-state index in [9.17, 15) is 8.42 Å². The van der Waals surface area contributed by atoms with Crippen molar-refractivity contribution in [1.29, 1.82) is 0 Å². The van der Waals surface area contributed by atoms with Gasteiger partial charge >= 0.3 is 0 Å². The molecule has 0 bridgehead atoms. The Balaban J connectivity index is 1.77. The van der Waals surface area contributed by atoms with E-state index in [-0.39, 0.29) is 0 Å². The summed E-state index contributed by atoms with van der Waals surface area (Å²) in [4.78, 5) is 3.98. The lowest BCUT2D eigenvalue weighted by atomic mass is 9.77. The second-order valence-corrected chi connectivity index (χ2v) is 7.19. The fourth-order valence-corrected chi connectivity index (χ4v) is 3.70. The largest absolute Gasteiger partial charge is 0.343 e. The Labute approximate surface area is 133 Å². The molecule has 0 saturated heterocycles. The number of hydrogen-bond donors (Lipinski definition) is 1. The Morgan fingerprint density at radius 3 is 2.55 bits per heavy atom. The molecule has 0 aliphatic heterocycles. The van der Waals surface area contributed by atoms with E-state index in [0.717, 1.165) is 17.4 Å². The summed E-state index contributed by atoms with van der Waals surface area (Å²) in [6.07, 6.45) is 4.94. The highest BCUT2D eigenvalue weighted by molar-refractivity contribution is 7.92. The molecule has 0 radical (unpaired) electrons. The molecule has 0 amide bonds. The highest BCUT2D eigenvalue weighted by atomic mass is 35.5. The molecule has 1 aromatic carbocycles. The van der Waals surface area contributed by atoms with Crippen molar-refractivity contribution in [2.75, 3.05) is 0 Å². The third-order valence-electron chi connectivity index (χ3n) is 3.64. The van der Waals surface area contributed by atoms with E-state index < -0.39 is 15.6 Å². The van der Waals surface area contributed by atoms with Crippen LogP contribution in [0, 0.1) is 0 Å². The van der Waals surface area contributed by atoms with Crippen molar-refractivity contribution in [2.45, 2.75) is 24.8 Å². The van der Waals surface area contributed by atoms with Gasteiger partial charge in [-0.3, -0.25) is 0 Å². The van der Waals surface area contributed by atoms with E-state index in [4.69, 9.17) is 16.1 Å². The van der Waals surface area contributed by atoms with Crippen molar-refractivity contribution in [3.8, 4) is 0 Å². The molecule has 6 nitrogen and oxygen atoms in total. The fraction of sp³-hybridized carbons (Fsp3) is 0.286. The zero-order valence-corrected chi connectivity index (χ0v) is 13.1. The molecule has 0 atom stereocenters. The third kappa shape index (κ3) is 3.21. The minimum absolute atomic E-state index is 0.377. The molecule has 1 heterocycles. The summed E-state index contributed by atoms with van der Waals surface area (Å²) in [5.41, 5.74) is -0.00658. The van der Waals surface area contributed by atoms with Crippen LogP contribution in [0.1, 0.15) is 30.7 Å². The maximum atomic E-state index is 12.3. The smallest absolute Gasteiger partial charge is 0.234 e. The van der Waals surface area contributed by atoms with Gasteiger partial charge in [0.2, 0.25) is 16.4 Å². The van der Waals surface area contributed by atoms with Crippen LogP contribution >= 0.6 is 11.6 Å². The van der Waals surface area contributed by atoms with Crippen LogP contribution in [0.2, 0.25) is 5.02 Å². The number of halogens is 1. The number of nitrogens with zero attached hydrogens (tertiary/aromatic N) is 2. The van der Waals surface area contributed by atoms with Crippen LogP contribution in [0.4, 0.5) is 0 Å². The van der Waals surface area contributed by atoms with Gasteiger partial charge in [0.25, 0.3) is 0 Å². The molecule has 1 N–H and O–H groups in total. The zero-order chi connectivity index (χ0) is 15.6. The monoisotopic (exact) mass is 339 g/mol. The minimum atomic E-state index is -3.62. The van der Waals surface area contributed by atoms with Crippen LogP contribution in [-0.4, -0.2) is 18.6 Å². The van der Waals surface area contributed by atoms with Crippen molar-refractivity contribution in [1.82, 2.24) is 14.9 Å². The summed E-state index contributed by atoms with van der Waals surface area (Å²) in [6, 6.07) is 6.89. The molecule has 22 heavy (non-hydrogen) atoms. The van der Waals surface area contributed by atoms with E-state index in [1.807, 2.05) is 0 Å². The van der Waals surface area contributed by atoms with Gasteiger partial charge in [0.1, 0.15) is 0 Å². The summed E-state index contributed by atoms with van der Waals surface area (Å²) in [5, 5.41) is 5.51. The molecular weight excluding hydrogens is 326 g/mol. The van der Waals surface area contributed by atoms with E-state index in [1.165, 1.54) is 12.5 Å². The van der Waals surface area contributed by atoms with Crippen molar-refractivity contribution in [2.24, 2.45) is 0 Å². The highest BCUT2D eigenvalue weighted by Gasteiger charge is 2.45. The standard InChI is InChI=1S/C14H14ClN3O3S/c15-12-4-2-11(3-5-12)6-9-22(19,20)18-14(7-1-8-14)13-16-10-21-17-13/h2-6,9-10,18H,1,7-8H2/b9-6+. The number of benzene rings is 1. The first-order valence-electron chi connectivity index (χ1n) is 6.74. The van der Waals surface area contributed by atoms with Crippen LogP contribution < -0.4 is 4.72 Å². The number of rotatable bonds is 5. The Morgan fingerprint density at radius 1 is 1.27 bits per heavy atom. The summed E-state index contributed by atoms with van der Waals surface area (Å²) < 4.78 is 31.9. The topological polar surface area (TPSA) is 85.1 Å². The van der Waals surface area contributed by atoms with Gasteiger partial charge in [0.15, 0.2) is 5.82 Å². The molecule has 1 aliphatic carbocycles. The molecule has 0 spiro atoms. The van der Waals surface area contributed by atoms with Crippen LogP contribution in [-0.2, 0) is 15.6 Å². The Bertz CT molecular complexity index is 766. The molecule has 1 aliphatic rings. The van der Waals surface area contributed by atoms with Gasteiger partial charge < -0.3 is 4.52 Å². The van der Waals surface area contributed by atoms with E-state index in [0.29, 0.717) is 23.7 Å². The average molecular weight is 340 g/mol. The van der Waals surface area contributed by atoms with Crippen LogP contribution in [0.5, 0.6) is 0 Å². The van der Waals surface area contributed by atoms with Crippen molar-refractivity contribution >= 4 is 27.7 Å². The number of sulfonamides is 1. The molecule has 3 rings (SSSR count). The number of aromatic nitrogens is 2. The second-order valence-electron chi connectivity index (χ2n) is 5.19. The average Bonchev–Trinajstić information content (AvgIpc) is 2.97. The van der Waals surface area contributed by atoms with Crippen LogP contribution in [0.3, 0.4) is 0 Å². The second kappa shape index (κ2) is 5.83. The molecule has 0 unspecified atom stereocenters. The summed E-state index contributed by atoms with van der Waals surface area (Å²) in [5.74, 6) is 0.377. The SMILES string of the molecule is O=S(=O)(/C=C/c1ccc(Cl)cc1)NC1(c2ncon2)CCC1. The fourth-order valence-electron chi connectivity index (χ4n) is 2.33. The maximum absolute atomic E-state index is 12.3. The Morgan fingerprint density at radius 2 is 2.00 bits per heavy atom. The predicted molar refractivity (Wildman–Crippen MR) is 82.4 cm³/mol. The Kier molecular flexibility index (Phi) is 4.03. The number of hydrogen-bond acceptors (Lipinski definition) is 5. The van der Waals surface area contributed by atoms with Crippen LogP contribution in [0.15, 0.2) is 40.6 Å². The quantitative estimate of drug-likeness (QED) is 0.905. The van der Waals surface area contributed by atoms with Crippen LogP contribution in [0.25, 0.3) is 6.08 Å². The molecule has 1 aromatic heterocycles. The predicted octanol–water partition coefficient (Wildman–Crippen LogP) is 2.69. The number of nitrogens with one attached hydrogen (secondary N) is 1. The first-order chi connectivity index (χ1) is 10.5. The first-order valence-corrected chi connectivity index (χ1v) is 8.66. The van der Waals surface area contributed by atoms with Crippen molar-refractivity contribution in [3.63, 3.8) is 0 Å². The molecule has 1 fully saturated rings. The lowest BCUT2D eigenvalue weighted by Crippen LogP contribution is -2.50. The summed E-state index contributed by atoms with van der Waals surface area (Å²) in [6.45, 7) is 0. The molecular formula is C14H14ClN3O3S. The third-order valence-corrected chi connectivity index (χ3v) is 5.07. The van der Waals surface area contributed by atoms with Crippen molar-refractivity contribution < 1.29 is 12.9 Å². The first kappa shape index (κ1) is 15.2. The zero-order valence-electron chi connectivity index (χ0n) is 11.6. The maximum Gasteiger partial charge on any atom is 0.234 e. The lowest BCUT2D eigenvalue weighted by molar-refractivity contribution is 0.204. The molecule has 8 heteroatoms. The molecule has 2 aromatic rings. The highest BCUT2D eigenvalue weighted by Crippen LogP contribution is 2.40. The Hall–Kier alpha value is -1.70. The van der Waals surface area contributed by atoms with Gasteiger partial charge in [0, 0.05) is 10.4 Å². The van der Waals surface area contributed by atoms with Crippen molar-refractivity contribution in [3.05, 3.63) is 52.5 Å². The van der Waals surface area contributed by atoms with Gasteiger partial charge in [-0.2, -0.15) is 9.71 Å². The summed E-state index contributed by atoms with van der Waals surface area (Å²) >= 11 is 5.79. The van der Waals surface area contributed by atoms with E-state index in [1.54, 1.807) is 24.3 Å². The van der Waals surface area contributed by atoms with Gasteiger partial charge in [-0.15, -0.1) is 0 Å². The van der Waals surface area contributed by atoms with Gasteiger partial charge in [-0.05, 0) is 43.0 Å². The lowest BCUT2D eigenvalue weighted by Gasteiger charge is -2.38.